The molecule has 10 heteroatoms. The van der Waals surface area contributed by atoms with Gasteiger partial charge in [0.1, 0.15) is 24.6 Å². The van der Waals surface area contributed by atoms with E-state index in [1.54, 1.807) is 105 Å². The van der Waals surface area contributed by atoms with Gasteiger partial charge >= 0.3 is 23.9 Å². The minimum absolute atomic E-state index is 0.0474. The quantitative estimate of drug-likeness (QED) is 0.155. The summed E-state index contributed by atoms with van der Waals surface area (Å²) in [5, 5.41) is 0. The highest BCUT2D eigenvalue weighted by Gasteiger charge is 2.42. The molecule has 0 aliphatic heterocycles. The Bertz CT molecular complexity index is 1410. The lowest BCUT2D eigenvalue weighted by molar-refractivity contribution is -0.163. The number of esters is 4. The van der Waals surface area contributed by atoms with Crippen molar-refractivity contribution in [2.75, 3.05) is 13.7 Å². The zero-order chi connectivity index (χ0) is 32.8. The Morgan fingerprint density at radius 3 is 1.49 bits per heavy atom. The summed E-state index contributed by atoms with van der Waals surface area (Å²) in [6.45, 7) is 4.20. The maximum atomic E-state index is 13.4. The Morgan fingerprint density at radius 2 is 1.04 bits per heavy atom. The minimum Gasteiger partial charge on any atom is -0.458 e. The summed E-state index contributed by atoms with van der Waals surface area (Å²) in [7, 11) is 1.41. The van der Waals surface area contributed by atoms with E-state index in [4.69, 9.17) is 23.7 Å². The van der Waals surface area contributed by atoms with E-state index >= 15 is 0 Å². The van der Waals surface area contributed by atoms with Crippen LogP contribution in [0.4, 0.5) is 0 Å². The van der Waals surface area contributed by atoms with Crippen molar-refractivity contribution < 1.29 is 47.7 Å². The second-order valence-electron chi connectivity index (χ2n) is 10.5. The molecule has 4 unspecified atom stereocenters. The van der Waals surface area contributed by atoms with Crippen molar-refractivity contribution in [1.29, 1.82) is 0 Å². The van der Waals surface area contributed by atoms with Crippen LogP contribution in [0.2, 0.25) is 0 Å². The van der Waals surface area contributed by atoms with Gasteiger partial charge in [0.25, 0.3) is 0 Å². The lowest BCUT2D eigenvalue weighted by Crippen LogP contribution is -2.50. The Morgan fingerprint density at radius 1 is 0.600 bits per heavy atom. The summed E-state index contributed by atoms with van der Waals surface area (Å²) in [5.41, 5.74) is 0.774. The van der Waals surface area contributed by atoms with Gasteiger partial charge in [0.15, 0.2) is 6.10 Å². The molecule has 3 rings (SSSR count). The van der Waals surface area contributed by atoms with Crippen molar-refractivity contribution in [2.24, 2.45) is 5.92 Å². The SMILES string of the molecule is COC(C)C(OC(=O)c1ccccc1)C(OC(=O)c1ccccc1)C(C)[C@@H](COC(=O)c1ccccc1)OC(=O)CCC(C)=O. The smallest absolute Gasteiger partial charge is 0.338 e. The number of carbonyl (C=O) groups excluding carboxylic acids is 5. The molecule has 10 nitrogen and oxygen atoms in total. The van der Waals surface area contributed by atoms with Gasteiger partial charge in [-0.1, -0.05) is 61.5 Å². The third-order valence-electron chi connectivity index (χ3n) is 7.12. The van der Waals surface area contributed by atoms with Crippen molar-refractivity contribution in [3.05, 3.63) is 108 Å². The van der Waals surface area contributed by atoms with Crippen LogP contribution in [0.25, 0.3) is 0 Å². The van der Waals surface area contributed by atoms with Crippen LogP contribution in [0.1, 0.15) is 64.7 Å². The monoisotopic (exact) mass is 618 g/mol. The molecule has 0 aromatic heterocycles. The molecule has 238 valence electrons. The molecule has 3 aromatic rings. The fraction of sp³-hybridized carbons (Fsp3) is 0.343. The number of benzene rings is 3. The molecule has 0 aliphatic carbocycles. The van der Waals surface area contributed by atoms with Crippen molar-refractivity contribution in [2.45, 2.75) is 58.0 Å². The lowest BCUT2D eigenvalue weighted by atomic mass is 9.91. The first-order chi connectivity index (χ1) is 21.6. The Labute approximate surface area is 262 Å². The molecule has 0 bridgehead atoms. The van der Waals surface area contributed by atoms with Gasteiger partial charge in [-0.15, -0.1) is 0 Å². The van der Waals surface area contributed by atoms with Gasteiger partial charge in [-0.3, -0.25) is 4.79 Å². The van der Waals surface area contributed by atoms with Crippen LogP contribution in [0.15, 0.2) is 91.0 Å². The first kappa shape index (κ1) is 34.7. The van der Waals surface area contributed by atoms with Gasteiger partial charge in [0, 0.05) is 19.4 Å². The second kappa shape index (κ2) is 17.5. The van der Waals surface area contributed by atoms with Gasteiger partial charge < -0.3 is 28.5 Å². The van der Waals surface area contributed by atoms with E-state index in [0.29, 0.717) is 0 Å². The molecule has 0 spiro atoms. The van der Waals surface area contributed by atoms with Gasteiger partial charge in [-0.05, 0) is 50.2 Å². The van der Waals surface area contributed by atoms with E-state index in [9.17, 15) is 24.0 Å². The maximum absolute atomic E-state index is 13.4. The van der Waals surface area contributed by atoms with Gasteiger partial charge in [0.2, 0.25) is 0 Å². The molecule has 45 heavy (non-hydrogen) atoms. The Hall–Kier alpha value is -4.83. The molecule has 5 atom stereocenters. The topological polar surface area (TPSA) is 132 Å². The fourth-order valence-corrected chi connectivity index (χ4v) is 4.40. The summed E-state index contributed by atoms with van der Waals surface area (Å²) < 4.78 is 28.7. The summed E-state index contributed by atoms with van der Waals surface area (Å²) in [6, 6.07) is 24.7. The highest BCUT2D eigenvalue weighted by atomic mass is 16.6. The van der Waals surface area contributed by atoms with E-state index in [1.165, 1.54) is 14.0 Å². The van der Waals surface area contributed by atoms with Crippen LogP contribution in [0, 0.1) is 5.92 Å². The van der Waals surface area contributed by atoms with Crippen molar-refractivity contribution >= 4 is 29.7 Å². The molecular weight excluding hydrogens is 580 g/mol. The number of ketones is 1. The molecule has 0 heterocycles. The summed E-state index contributed by atoms with van der Waals surface area (Å²) in [4.78, 5) is 63.8. The minimum atomic E-state index is -1.25. The van der Waals surface area contributed by atoms with Gasteiger partial charge in [0.05, 0.1) is 29.2 Å². The van der Waals surface area contributed by atoms with Crippen molar-refractivity contribution in [3.63, 3.8) is 0 Å². The van der Waals surface area contributed by atoms with Crippen molar-refractivity contribution in [3.8, 4) is 0 Å². The Kier molecular flexibility index (Phi) is 13.4. The average Bonchev–Trinajstić information content (AvgIpc) is 3.07. The zero-order valence-electron chi connectivity index (χ0n) is 25.8. The van der Waals surface area contributed by atoms with Crippen LogP contribution in [0.3, 0.4) is 0 Å². The first-order valence-electron chi connectivity index (χ1n) is 14.6. The predicted octanol–water partition coefficient (Wildman–Crippen LogP) is 5.25. The van der Waals surface area contributed by atoms with Crippen LogP contribution in [0.5, 0.6) is 0 Å². The third-order valence-corrected chi connectivity index (χ3v) is 7.12. The highest BCUT2D eigenvalue weighted by Crippen LogP contribution is 2.27. The number of rotatable bonds is 16. The zero-order valence-corrected chi connectivity index (χ0v) is 25.8. The number of carbonyl (C=O) groups is 5. The standard InChI is InChI=1S/C35H38O10/c1-23(36)20-21-30(37)43-29(22-42-33(38)26-14-8-5-9-15-26)24(2)31(44-34(39)27-16-10-6-11-17-27)32(25(3)41-4)45-35(40)28-18-12-7-13-19-28/h5-19,24-25,29,31-32H,20-22H2,1-4H3/t24?,25?,29-,31?,32?/m1/s1. The predicted molar refractivity (Wildman–Crippen MR) is 163 cm³/mol. The van der Waals surface area contributed by atoms with Crippen LogP contribution in [-0.4, -0.2) is 67.8 Å². The van der Waals surface area contributed by atoms with E-state index in [2.05, 4.69) is 0 Å². The highest BCUT2D eigenvalue weighted by molar-refractivity contribution is 5.91. The molecule has 0 amide bonds. The molecule has 0 saturated carbocycles. The maximum Gasteiger partial charge on any atom is 0.338 e. The number of Topliss-reactive ketones (excluding diaryl/α,β-unsaturated/α-hetero) is 1. The second-order valence-corrected chi connectivity index (χ2v) is 10.5. The number of methoxy groups -OCH3 is 1. The molecule has 0 fully saturated rings. The van der Waals surface area contributed by atoms with Crippen molar-refractivity contribution in [1.82, 2.24) is 0 Å². The number of ether oxygens (including phenoxy) is 5. The third kappa shape index (κ3) is 10.7. The summed E-state index contributed by atoms with van der Waals surface area (Å²) in [5.74, 6) is -3.91. The first-order valence-corrected chi connectivity index (χ1v) is 14.6. The molecule has 0 N–H and O–H groups in total. The van der Waals surface area contributed by atoms with Gasteiger partial charge in [-0.25, -0.2) is 14.4 Å². The normalized spacial score (nSPS) is 14.1. The van der Waals surface area contributed by atoms with E-state index in [0.717, 1.165) is 0 Å². The molecule has 0 aliphatic rings. The largest absolute Gasteiger partial charge is 0.458 e. The molecule has 0 radical (unpaired) electrons. The van der Waals surface area contributed by atoms with Crippen LogP contribution >= 0.6 is 0 Å². The van der Waals surface area contributed by atoms with Crippen LogP contribution < -0.4 is 0 Å². The molecule has 3 aromatic carbocycles. The fourth-order valence-electron chi connectivity index (χ4n) is 4.40. The molecular formula is C35H38O10. The van der Waals surface area contributed by atoms with E-state index in [1.807, 2.05) is 0 Å². The van der Waals surface area contributed by atoms with E-state index in [-0.39, 0.29) is 35.3 Å². The number of hydrogen-bond acceptors (Lipinski definition) is 10. The molecule has 0 saturated heterocycles. The summed E-state index contributed by atoms with van der Waals surface area (Å²) >= 11 is 0. The van der Waals surface area contributed by atoms with E-state index < -0.39 is 60.8 Å². The van der Waals surface area contributed by atoms with Gasteiger partial charge in [-0.2, -0.15) is 0 Å². The lowest BCUT2D eigenvalue weighted by Gasteiger charge is -2.36. The Balaban J connectivity index is 1.98. The number of hydrogen-bond donors (Lipinski definition) is 0. The summed E-state index contributed by atoms with van der Waals surface area (Å²) in [6.07, 6.45) is -4.66. The van der Waals surface area contributed by atoms with Crippen LogP contribution in [-0.2, 0) is 33.3 Å². The average molecular weight is 619 g/mol.